The Morgan fingerprint density at radius 2 is 2.17 bits per heavy atom. The minimum absolute atomic E-state index is 0.0118. The lowest BCUT2D eigenvalue weighted by Crippen LogP contribution is -2.43. The van der Waals surface area contributed by atoms with Crippen LogP contribution in [-0.2, 0) is 4.79 Å². The number of nitrogens with one attached hydrogen (secondary N) is 1. The minimum atomic E-state index is -0.547. The summed E-state index contributed by atoms with van der Waals surface area (Å²) in [5, 5.41) is 14.6. The fraction of sp³-hybridized carbons (Fsp3) is 0.846. The van der Waals surface area contributed by atoms with Crippen LogP contribution in [0.5, 0.6) is 0 Å². The molecule has 0 aliphatic heterocycles. The van der Waals surface area contributed by atoms with Gasteiger partial charge in [0.1, 0.15) is 5.92 Å². The van der Waals surface area contributed by atoms with Crippen LogP contribution in [-0.4, -0.2) is 23.5 Å². The molecule has 18 heavy (non-hydrogen) atoms. The van der Waals surface area contributed by atoms with Crippen LogP contribution in [0.1, 0.15) is 40.0 Å². The van der Waals surface area contributed by atoms with Gasteiger partial charge in [-0.15, -0.1) is 0 Å². The molecule has 0 saturated heterocycles. The number of hydrogen-bond acceptors (Lipinski definition) is 3. The molecule has 1 rings (SSSR count). The molecule has 3 atom stereocenters. The van der Waals surface area contributed by atoms with Gasteiger partial charge in [0.15, 0.2) is 5.84 Å². The van der Waals surface area contributed by atoms with Crippen molar-refractivity contribution in [3.63, 3.8) is 0 Å². The number of carbonyl (C=O) groups excluding carboxylic acids is 1. The molecule has 1 saturated carbocycles. The maximum atomic E-state index is 12.0. The second-order valence-corrected chi connectivity index (χ2v) is 5.78. The first-order valence-electron chi connectivity index (χ1n) is 6.70. The first kappa shape index (κ1) is 14.8. The van der Waals surface area contributed by atoms with E-state index in [9.17, 15) is 4.79 Å². The maximum absolute atomic E-state index is 12.0. The first-order chi connectivity index (χ1) is 8.45. The van der Waals surface area contributed by atoms with Crippen molar-refractivity contribution < 1.29 is 10.0 Å². The van der Waals surface area contributed by atoms with Crippen LogP contribution in [0.25, 0.3) is 0 Å². The Kier molecular flexibility index (Phi) is 5.44. The highest BCUT2D eigenvalue weighted by Crippen LogP contribution is 2.29. The predicted octanol–water partition coefficient (Wildman–Crippen LogP) is 1.56. The molecule has 1 amide bonds. The van der Waals surface area contributed by atoms with Gasteiger partial charge >= 0.3 is 0 Å². The van der Waals surface area contributed by atoms with E-state index in [0.717, 1.165) is 5.92 Å². The van der Waals surface area contributed by atoms with E-state index in [1.165, 1.54) is 19.3 Å². The number of rotatable bonds is 5. The van der Waals surface area contributed by atoms with Crippen molar-refractivity contribution >= 4 is 11.7 Å². The quantitative estimate of drug-likeness (QED) is 0.301. The summed E-state index contributed by atoms with van der Waals surface area (Å²) in [4.78, 5) is 12.0. The molecule has 0 bridgehead atoms. The zero-order chi connectivity index (χ0) is 13.7. The van der Waals surface area contributed by atoms with Gasteiger partial charge in [-0.3, -0.25) is 4.79 Å². The summed E-state index contributed by atoms with van der Waals surface area (Å²) >= 11 is 0. The van der Waals surface area contributed by atoms with Crippen molar-refractivity contribution in [1.82, 2.24) is 5.32 Å². The molecule has 0 heterocycles. The molecule has 0 aromatic heterocycles. The Hall–Kier alpha value is -1.26. The molecule has 1 aliphatic carbocycles. The Balaban J connectivity index is 2.47. The summed E-state index contributed by atoms with van der Waals surface area (Å²) in [6, 6.07) is 0. The van der Waals surface area contributed by atoms with Gasteiger partial charge in [-0.25, -0.2) is 0 Å². The average Bonchev–Trinajstić information content (AvgIpc) is 2.72. The van der Waals surface area contributed by atoms with Crippen LogP contribution in [0.2, 0.25) is 0 Å². The van der Waals surface area contributed by atoms with Crippen LogP contribution >= 0.6 is 0 Å². The van der Waals surface area contributed by atoms with Gasteiger partial charge in [0.05, 0.1) is 0 Å². The molecule has 0 aromatic rings. The van der Waals surface area contributed by atoms with Crippen LogP contribution < -0.4 is 11.1 Å². The third-order valence-corrected chi connectivity index (χ3v) is 3.75. The largest absolute Gasteiger partial charge is 0.409 e. The predicted molar refractivity (Wildman–Crippen MR) is 71.3 cm³/mol. The van der Waals surface area contributed by atoms with Gasteiger partial charge < -0.3 is 16.3 Å². The molecule has 104 valence electrons. The number of nitrogens with zero attached hydrogens (tertiary/aromatic N) is 1. The molecule has 0 aromatic carbocycles. The molecule has 1 aliphatic rings. The van der Waals surface area contributed by atoms with Gasteiger partial charge in [-0.1, -0.05) is 32.3 Å². The number of amides is 1. The smallest absolute Gasteiger partial charge is 0.231 e. The molecule has 5 nitrogen and oxygen atoms in total. The highest BCUT2D eigenvalue weighted by molar-refractivity contribution is 6.02. The molecule has 3 unspecified atom stereocenters. The lowest BCUT2D eigenvalue weighted by molar-refractivity contribution is -0.124. The van der Waals surface area contributed by atoms with E-state index in [0.29, 0.717) is 12.5 Å². The summed E-state index contributed by atoms with van der Waals surface area (Å²) in [6.45, 7) is 6.72. The molecular weight excluding hydrogens is 230 g/mol. The van der Waals surface area contributed by atoms with Crippen LogP contribution in [0.15, 0.2) is 5.16 Å². The third-order valence-electron chi connectivity index (χ3n) is 3.75. The zero-order valence-electron chi connectivity index (χ0n) is 11.5. The topological polar surface area (TPSA) is 87.7 Å². The molecule has 1 fully saturated rings. The van der Waals surface area contributed by atoms with E-state index in [1.54, 1.807) is 0 Å². The number of amidine groups is 1. The fourth-order valence-corrected chi connectivity index (χ4v) is 2.71. The molecule has 0 radical (unpaired) electrons. The van der Waals surface area contributed by atoms with Crippen LogP contribution in [0.4, 0.5) is 0 Å². The molecule has 4 N–H and O–H groups in total. The number of nitrogens with two attached hydrogens (primary N) is 1. The minimum Gasteiger partial charge on any atom is -0.409 e. The highest BCUT2D eigenvalue weighted by atomic mass is 16.4. The van der Waals surface area contributed by atoms with Gasteiger partial charge in [0, 0.05) is 6.54 Å². The number of oxime groups is 1. The van der Waals surface area contributed by atoms with Gasteiger partial charge in [-0.2, -0.15) is 0 Å². The van der Waals surface area contributed by atoms with Crippen LogP contribution in [0.3, 0.4) is 0 Å². The average molecular weight is 255 g/mol. The number of hydrogen-bond donors (Lipinski definition) is 3. The van der Waals surface area contributed by atoms with Gasteiger partial charge in [-0.05, 0) is 30.6 Å². The Bertz CT molecular complexity index is 315. The van der Waals surface area contributed by atoms with Crippen molar-refractivity contribution in [3.8, 4) is 0 Å². The normalized spacial score (nSPS) is 26.3. The molecule has 0 spiro atoms. The van der Waals surface area contributed by atoms with E-state index in [-0.39, 0.29) is 17.7 Å². The van der Waals surface area contributed by atoms with Crippen molar-refractivity contribution in [2.45, 2.75) is 40.0 Å². The molecular formula is C13H25N3O2. The maximum Gasteiger partial charge on any atom is 0.231 e. The summed E-state index contributed by atoms with van der Waals surface area (Å²) in [7, 11) is 0. The van der Waals surface area contributed by atoms with Gasteiger partial charge in [0.25, 0.3) is 0 Å². The van der Waals surface area contributed by atoms with Crippen molar-refractivity contribution in [2.75, 3.05) is 6.54 Å². The SMILES string of the molecule is CC1CCC(CNC(=O)C(C(N)=NO)C(C)C)C1. The van der Waals surface area contributed by atoms with Gasteiger partial charge in [0.2, 0.25) is 5.91 Å². The first-order valence-corrected chi connectivity index (χ1v) is 6.70. The fourth-order valence-electron chi connectivity index (χ4n) is 2.71. The molecule has 5 heteroatoms. The highest BCUT2D eigenvalue weighted by Gasteiger charge is 2.28. The Morgan fingerprint density at radius 1 is 1.50 bits per heavy atom. The summed E-state index contributed by atoms with van der Waals surface area (Å²) in [5.74, 6) is 0.653. The second-order valence-electron chi connectivity index (χ2n) is 5.78. The van der Waals surface area contributed by atoms with Crippen molar-refractivity contribution in [3.05, 3.63) is 0 Å². The van der Waals surface area contributed by atoms with Crippen LogP contribution in [0, 0.1) is 23.7 Å². The standard InChI is InChI=1S/C13H25N3O2/c1-8(2)11(12(14)16-18)13(17)15-7-10-5-4-9(3)6-10/h8-11,18H,4-7H2,1-3H3,(H2,14,16)(H,15,17). The lowest BCUT2D eigenvalue weighted by Gasteiger charge is -2.20. The van der Waals surface area contributed by atoms with E-state index in [4.69, 9.17) is 10.9 Å². The Morgan fingerprint density at radius 3 is 2.61 bits per heavy atom. The number of carbonyl (C=O) groups is 1. The van der Waals surface area contributed by atoms with Crippen molar-refractivity contribution in [1.29, 1.82) is 0 Å². The van der Waals surface area contributed by atoms with E-state index >= 15 is 0 Å². The van der Waals surface area contributed by atoms with E-state index < -0.39 is 5.92 Å². The summed E-state index contributed by atoms with van der Waals surface area (Å²) in [5.41, 5.74) is 5.56. The Labute approximate surface area is 109 Å². The third kappa shape index (κ3) is 3.89. The van der Waals surface area contributed by atoms with E-state index in [1.807, 2.05) is 13.8 Å². The van der Waals surface area contributed by atoms with Crippen molar-refractivity contribution in [2.24, 2.45) is 34.6 Å². The van der Waals surface area contributed by atoms with E-state index in [2.05, 4.69) is 17.4 Å². The second kappa shape index (κ2) is 6.61. The zero-order valence-corrected chi connectivity index (χ0v) is 11.5. The summed E-state index contributed by atoms with van der Waals surface area (Å²) in [6.07, 6.45) is 3.60. The summed E-state index contributed by atoms with van der Waals surface area (Å²) < 4.78 is 0. The lowest BCUT2D eigenvalue weighted by atomic mass is 9.93. The monoisotopic (exact) mass is 255 g/mol.